The Balaban J connectivity index is 1.33. The van der Waals surface area contributed by atoms with Crippen LogP contribution in [0.15, 0.2) is 6.07 Å². The SMILES string of the molecule is Cc1cc(C(=O)N2CC(N3CC(C(=O)N4CCOCC4)CC3=O)C2)n(C)n1. The number of amides is 3. The van der Waals surface area contributed by atoms with Gasteiger partial charge in [-0.2, -0.15) is 5.10 Å². The van der Waals surface area contributed by atoms with Gasteiger partial charge in [0.1, 0.15) is 5.69 Å². The van der Waals surface area contributed by atoms with Crippen molar-refractivity contribution in [2.24, 2.45) is 13.0 Å². The zero-order chi connectivity index (χ0) is 19.1. The van der Waals surface area contributed by atoms with Gasteiger partial charge in [-0.05, 0) is 13.0 Å². The smallest absolute Gasteiger partial charge is 0.272 e. The second kappa shape index (κ2) is 6.95. The predicted molar refractivity (Wildman–Crippen MR) is 94.9 cm³/mol. The molecule has 9 heteroatoms. The number of likely N-dealkylation sites (tertiary alicyclic amines) is 2. The standard InChI is InChI=1S/C18H25N5O4/c1-12-7-15(20(2)19-12)18(26)22-10-14(11-22)23-9-13(8-16(23)24)17(25)21-3-5-27-6-4-21/h7,13-14H,3-6,8-11H2,1-2H3. The van der Waals surface area contributed by atoms with Crippen molar-refractivity contribution in [3.63, 3.8) is 0 Å². The number of aromatic nitrogens is 2. The molecule has 146 valence electrons. The molecule has 9 nitrogen and oxygen atoms in total. The molecule has 3 saturated heterocycles. The fourth-order valence-corrected chi connectivity index (χ4v) is 4.08. The van der Waals surface area contributed by atoms with Crippen molar-refractivity contribution in [2.45, 2.75) is 19.4 Å². The lowest BCUT2D eigenvalue weighted by atomic mass is 10.1. The first-order valence-electron chi connectivity index (χ1n) is 9.40. The molecule has 0 spiro atoms. The lowest BCUT2D eigenvalue weighted by Crippen LogP contribution is -2.61. The van der Waals surface area contributed by atoms with E-state index in [-0.39, 0.29) is 36.1 Å². The van der Waals surface area contributed by atoms with Gasteiger partial charge in [-0.1, -0.05) is 0 Å². The lowest BCUT2D eigenvalue weighted by Gasteiger charge is -2.44. The van der Waals surface area contributed by atoms with Crippen LogP contribution in [0.5, 0.6) is 0 Å². The van der Waals surface area contributed by atoms with Crippen LogP contribution < -0.4 is 0 Å². The molecule has 1 unspecified atom stereocenters. The van der Waals surface area contributed by atoms with Crippen molar-refractivity contribution >= 4 is 17.7 Å². The third kappa shape index (κ3) is 3.31. The minimum atomic E-state index is -0.278. The van der Waals surface area contributed by atoms with Crippen LogP contribution in [0.2, 0.25) is 0 Å². The molecule has 4 heterocycles. The molecule has 0 aliphatic carbocycles. The Labute approximate surface area is 157 Å². The molecule has 1 aromatic heterocycles. The van der Waals surface area contributed by atoms with E-state index in [4.69, 9.17) is 4.74 Å². The summed E-state index contributed by atoms with van der Waals surface area (Å²) in [6.45, 7) is 5.63. The first-order valence-corrected chi connectivity index (χ1v) is 9.40. The average Bonchev–Trinajstić information content (AvgIpc) is 3.16. The highest BCUT2D eigenvalue weighted by Gasteiger charge is 2.44. The van der Waals surface area contributed by atoms with Gasteiger partial charge in [0.15, 0.2) is 0 Å². The van der Waals surface area contributed by atoms with Gasteiger partial charge in [0.2, 0.25) is 11.8 Å². The number of hydrogen-bond donors (Lipinski definition) is 0. The molecule has 3 fully saturated rings. The van der Waals surface area contributed by atoms with Crippen LogP contribution in [0.4, 0.5) is 0 Å². The molecule has 0 bridgehead atoms. The molecular formula is C18H25N5O4. The fourth-order valence-electron chi connectivity index (χ4n) is 4.08. The van der Waals surface area contributed by atoms with E-state index < -0.39 is 0 Å². The van der Waals surface area contributed by atoms with E-state index >= 15 is 0 Å². The third-order valence-electron chi connectivity index (χ3n) is 5.64. The Kier molecular flexibility index (Phi) is 4.63. The Morgan fingerprint density at radius 1 is 1.15 bits per heavy atom. The van der Waals surface area contributed by atoms with Gasteiger partial charge in [0.25, 0.3) is 5.91 Å². The Morgan fingerprint density at radius 2 is 1.85 bits per heavy atom. The van der Waals surface area contributed by atoms with Crippen LogP contribution in [0, 0.1) is 12.8 Å². The maximum Gasteiger partial charge on any atom is 0.272 e. The number of hydrogen-bond acceptors (Lipinski definition) is 5. The summed E-state index contributed by atoms with van der Waals surface area (Å²) in [6.07, 6.45) is 0.265. The fraction of sp³-hybridized carbons (Fsp3) is 0.667. The summed E-state index contributed by atoms with van der Waals surface area (Å²) >= 11 is 0. The van der Waals surface area contributed by atoms with E-state index in [9.17, 15) is 14.4 Å². The topological polar surface area (TPSA) is 88.0 Å². The monoisotopic (exact) mass is 375 g/mol. The van der Waals surface area contributed by atoms with Gasteiger partial charge < -0.3 is 19.4 Å². The van der Waals surface area contributed by atoms with Crippen molar-refractivity contribution in [3.05, 3.63) is 17.5 Å². The highest BCUT2D eigenvalue weighted by molar-refractivity contribution is 5.94. The molecule has 3 aliphatic rings. The molecule has 3 aliphatic heterocycles. The van der Waals surface area contributed by atoms with Gasteiger partial charge in [0, 0.05) is 46.2 Å². The summed E-state index contributed by atoms with van der Waals surface area (Å²) in [4.78, 5) is 42.9. The molecule has 0 saturated carbocycles. The molecule has 27 heavy (non-hydrogen) atoms. The van der Waals surface area contributed by atoms with Gasteiger partial charge in [-0.25, -0.2) is 0 Å². The van der Waals surface area contributed by atoms with Crippen LogP contribution in [0.3, 0.4) is 0 Å². The van der Waals surface area contributed by atoms with E-state index in [0.717, 1.165) is 5.69 Å². The summed E-state index contributed by atoms with van der Waals surface area (Å²) in [6, 6.07) is 1.77. The van der Waals surface area contributed by atoms with Crippen molar-refractivity contribution in [3.8, 4) is 0 Å². The molecule has 0 radical (unpaired) electrons. The number of aryl methyl sites for hydroxylation is 2. The van der Waals surface area contributed by atoms with Gasteiger partial charge in [0.05, 0.1) is 30.9 Å². The second-order valence-electron chi connectivity index (χ2n) is 7.54. The normalized spacial score (nSPS) is 23.7. The highest BCUT2D eigenvalue weighted by atomic mass is 16.5. The molecule has 0 aromatic carbocycles. The number of rotatable bonds is 3. The predicted octanol–water partition coefficient (Wildman–Crippen LogP) is -0.740. The summed E-state index contributed by atoms with van der Waals surface area (Å²) in [5.41, 5.74) is 1.36. The third-order valence-corrected chi connectivity index (χ3v) is 5.64. The number of nitrogens with zero attached hydrogens (tertiary/aromatic N) is 5. The molecule has 1 aromatic rings. The first-order chi connectivity index (χ1) is 12.9. The summed E-state index contributed by atoms with van der Waals surface area (Å²) in [5.74, 6) is -0.288. The van der Waals surface area contributed by atoms with Gasteiger partial charge >= 0.3 is 0 Å². The largest absolute Gasteiger partial charge is 0.378 e. The van der Waals surface area contributed by atoms with Crippen molar-refractivity contribution < 1.29 is 19.1 Å². The maximum atomic E-state index is 12.6. The van der Waals surface area contributed by atoms with Gasteiger partial charge in [-0.3, -0.25) is 19.1 Å². The molecule has 4 rings (SSSR count). The molecule has 1 atom stereocenters. The van der Waals surface area contributed by atoms with E-state index in [2.05, 4.69) is 5.10 Å². The van der Waals surface area contributed by atoms with E-state index in [1.165, 1.54) is 0 Å². The van der Waals surface area contributed by atoms with Crippen LogP contribution in [-0.2, 0) is 21.4 Å². The number of carbonyl (C=O) groups excluding carboxylic acids is 3. The molecule has 3 amide bonds. The highest BCUT2D eigenvalue weighted by Crippen LogP contribution is 2.27. The number of ether oxygens (including phenoxy) is 1. The minimum absolute atomic E-state index is 0.00161. The van der Waals surface area contributed by atoms with Gasteiger partial charge in [-0.15, -0.1) is 0 Å². The minimum Gasteiger partial charge on any atom is -0.378 e. The summed E-state index contributed by atoms with van der Waals surface area (Å²) in [5, 5.41) is 4.21. The Bertz CT molecular complexity index is 764. The van der Waals surface area contributed by atoms with Crippen molar-refractivity contribution in [1.82, 2.24) is 24.5 Å². The summed E-state index contributed by atoms with van der Waals surface area (Å²) in [7, 11) is 1.75. The van der Waals surface area contributed by atoms with Crippen molar-refractivity contribution in [1.29, 1.82) is 0 Å². The lowest BCUT2D eigenvalue weighted by molar-refractivity contribution is -0.139. The number of morpholine rings is 1. The van der Waals surface area contributed by atoms with E-state index in [0.29, 0.717) is 51.6 Å². The maximum absolute atomic E-state index is 12.6. The van der Waals surface area contributed by atoms with E-state index in [1.54, 1.807) is 32.5 Å². The zero-order valence-electron chi connectivity index (χ0n) is 15.8. The van der Waals surface area contributed by atoms with Crippen LogP contribution >= 0.6 is 0 Å². The van der Waals surface area contributed by atoms with Crippen molar-refractivity contribution in [2.75, 3.05) is 45.9 Å². The molecular weight excluding hydrogens is 350 g/mol. The van der Waals surface area contributed by atoms with E-state index in [1.807, 2.05) is 6.92 Å². The zero-order valence-corrected chi connectivity index (χ0v) is 15.8. The van der Waals surface area contributed by atoms with Crippen LogP contribution in [0.1, 0.15) is 22.6 Å². The first kappa shape index (κ1) is 18.0. The quantitative estimate of drug-likeness (QED) is 0.694. The number of carbonyl (C=O) groups is 3. The molecule has 0 N–H and O–H groups in total. The second-order valence-corrected chi connectivity index (χ2v) is 7.54. The average molecular weight is 375 g/mol. The Hall–Kier alpha value is -2.42. The van der Waals surface area contributed by atoms with Crippen LogP contribution in [-0.4, -0.2) is 94.2 Å². The van der Waals surface area contributed by atoms with Crippen LogP contribution in [0.25, 0.3) is 0 Å². The Morgan fingerprint density at radius 3 is 2.48 bits per heavy atom. The summed E-state index contributed by atoms with van der Waals surface area (Å²) < 4.78 is 6.87.